The van der Waals surface area contributed by atoms with E-state index >= 15 is 0 Å². The molecule has 0 aromatic carbocycles. The molecule has 0 bridgehead atoms. The van der Waals surface area contributed by atoms with E-state index in [1.54, 1.807) is 0 Å². The average Bonchev–Trinajstić information content (AvgIpc) is 2.86. The van der Waals surface area contributed by atoms with Gasteiger partial charge in [-0.05, 0) is 46.9 Å². The van der Waals surface area contributed by atoms with Crippen molar-refractivity contribution in [1.82, 2.24) is 9.88 Å². The van der Waals surface area contributed by atoms with Crippen LogP contribution in [0.5, 0.6) is 0 Å². The fourth-order valence-corrected chi connectivity index (χ4v) is 3.18. The summed E-state index contributed by atoms with van der Waals surface area (Å²) in [6, 6.07) is 4.25. The number of hydrogen-bond donors (Lipinski definition) is 1. The van der Waals surface area contributed by atoms with E-state index in [0.29, 0.717) is 5.56 Å². The summed E-state index contributed by atoms with van der Waals surface area (Å²) in [5.41, 5.74) is 3.57. The number of likely N-dealkylation sites (N-methyl/N-ethyl adjacent to an activating group) is 1. The molecule has 0 unspecified atom stereocenters. The zero-order valence-corrected chi connectivity index (χ0v) is 13.0. The molecule has 0 aliphatic heterocycles. The number of aryl methyl sites for hydroxylation is 2. The van der Waals surface area contributed by atoms with Crippen molar-refractivity contribution < 1.29 is 0 Å². The highest BCUT2D eigenvalue weighted by atomic mass is 15.2. The summed E-state index contributed by atoms with van der Waals surface area (Å²) in [6.45, 7) is 4.75. The predicted octanol–water partition coefficient (Wildman–Crippen LogP) is 2.86. The third-order valence-electron chi connectivity index (χ3n) is 4.53. The van der Waals surface area contributed by atoms with E-state index in [1.807, 2.05) is 19.9 Å². The van der Waals surface area contributed by atoms with Gasteiger partial charge in [-0.2, -0.15) is 5.26 Å². The highest BCUT2D eigenvalue weighted by Crippen LogP contribution is 2.34. The lowest BCUT2D eigenvalue weighted by molar-refractivity contribution is 0.172. The molecule has 1 heterocycles. The molecular formula is C16H24N4. The normalized spacial score (nSPS) is 17.2. The summed E-state index contributed by atoms with van der Waals surface area (Å²) in [5, 5.41) is 12.8. The minimum Gasteiger partial charge on any atom is -0.382 e. The van der Waals surface area contributed by atoms with Crippen LogP contribution in [0, 0.1) is 25.2 Å². The van der Waals surface area contributed by atoms with Crippen molar-refractivity contribution in [3.8, 4) is 6.07 Å². The molecule has 1 aliphatic rings. The van der Waals surface area contributed by atoms with Gasteiger partial charge < -0.3 is 10.2 Å². The maximum Gasteiger partial charge on any atom is 0.103 e. The molecule has 0 saturated heterocycles. The second kappa shape index (κ2) is 5.80. The molecule has 4 nitrogen and oxygen atoms in total. The van der Waals surface area contributed by atoms with Crippen LogP contribution < -0.4 is 5.32 Å². The number of nitriles is 1. The van der Waals surface area contributed by atoms with Crippen LogP contribution in [0.1, 0.15) is 42.6 Å². The molecule has 0 atom stereocenters. The number of rotatable bonds is 4. The van der Waals surface area contributed by atoms with Crippen molar-refractivity contribution in [2.75, 3.05) is 26.0 Å². The van der Waals surface area contributed by atoms with E-state index in [4.69, 9.17) is 0 Å². The molecule has 1 aromatic heterocycles. The van der Waals surface area contributed by atoms with Gasteiger partial charge in [-0.25, -0.2) is 0 Å². The first-order chi connectivity index (χ1) is 9.48. The Hall–Kier alpha value is -1.60. The Morgan fingerprint density at radius 1 is 1.35 bits per heavy atom. The lowest BCUT2D eigenvalue weighted by atomic mass is 9.95. The SMILES string of the molecule is Cc1cc(NCC2(N(C)C)CCCC2)c(C#N)c(C)n1. The molecule has 1 aromatic rings. The number of nitrogens with one attached hydrogen (secondary N) is 1. The molecule has 1 N–H and O–H groups in total. The van der Waals surface area contributed by atoms with E-state index in [-0.39, 0.29) is 5.54 Å². The number of nitrogens with zero attached hydrogens (tertiary/aromatic N) is 3. The van der Waals surface area contributed by atoms with Crippen LogP contribution in [0.3, 0.4) is 0 Å². The molecule has 0 amide bonds. The molecule has 0 spiro atoms. The van der Waals surface area contributed by atoms with Crippen LogP contribution in [0.4, 0.5) is 5.69 Å². The van der Waals surface area contributed by atoms with E-state index in [2.05, 4.69) is 35.4 Å². The van der Waals surface area contributed by atoms with Crippen molar-refractivity contribution in [1.29, 1.82) is 5.26 Å². The molecular weight excluding hydrogens is 248 g/mol. The zero-order chi connectivity index (χ0) is 14.8. The molecule has 1 aliphatic carbocycles. The van der Waals surface area contributed by atoms with E-state index < -0.39 is 0 Å². The van der Waals surface area contributed by atoms with Crippen LogP contribution in [-0.4, -0.2) is 36.1 Å². The zero-order valence-electron chi connectivity index (χ0n) is 13.0. The first kappa shape index (κ1) is 14.8. The number of aromatic nitrogens is 1. The average molecular weight is 272 g/mol. The lowest BCUT2D eigenvalue weighted by Gasteiger charge is -2.37. The smallest absolute Gasteiger partial charge is 0.103 e. The maximum absolute atomic E-state index is 9.32. The molecule has 2 rings (SSSR count). The summed E-state index contributed by atoms with van der Waals surface area (Å²) in [7, 11) is 4.31. The van der Waals surface area contributed by atoms with Gasteiger partial charge in [0.25, 0.3) is 0 Å². The molecule has 4 heteroatoms. The van der Waals surface area contributed by atoms with Crippen LogP contribution in [0.25, 0.3) is 0 Å². The van der Waals surface area contributed by atoms with Gasteiger partial charge in [-0.3, -0.25) is 4.98 Å². The van der Waals surface area contributed by atoms with Gasteiger partial charge in [0.1, 0.15) is 6.07 Å². The monoisotopic (exact) mass is 272 g/mol. The minimum absolute atomic E-state index is 0.220. The summed E-state index contributed by atoms with van der Waals surface area (Å²) in [6.07, 6.45) is 5.02. The Bertz CT molecular complexity index is 522. The van der Waals surface area contributed by atoms with Gasteiger partial charge >= 0.3 is 0 Å². The van der Waals surface area contributed by atoms with Crippen molar-refractivity contribution in [2.24, 2.45) is 0 Å². The molecule has 108 valence electrons. The van der Waals surface area contributed by atoms with Gasteiger partial charge in [0.05, 0.1) is 16.9 Å². The number of anilines is 1. The lowest BCUT2D eigenvalue weighted by Crippen LogP contribution is -2.47. The Kier molecular flexibility index (Phi) is 4.29. The second-order valence-corrected chi connectivity index (χ2v) is 6.06. The summed E-state index contributed by atoms with van der Waals surface area (Å²) in [4.78, 5) is 6.70. The Morgan fingerprint density at radius 2 is 2.00 bits per heavy atom. The van der Waals surface area contributed by atoms with Crippen molar-refractivity contribution in [2.45, 2.75) is 45.1 Å². The fraction of sp³-hybridized carbons (Fsp3) is 0.625. The van der Waals surface area contributed by atoms with E-state index in [9.17, 15) is 5.26 Å². The van der Waals surface area contributed by atoms with Crippen molar-refractivity contribution in [3.63, 3.8) is 0 Å². The second-order valence-electron chi connectivity index (χ2n) is 6.06. The molecule has 1 fully saturated rings. The Labute approximate surface area is 121 Å². The van der Waals surface area contributed by atoms with Crippen LogP contribution in [0.2, 0.25) is 0 Å². The summed E-state index contributed by atoms with van der Waals surface area (Å²) < 4.78 is 0. The van der Waals surface area contributed by atoms with Crippen molar-refractivity contribution >= 4 is 5.69 Å². The van der Waals surface area contributed by atoms with E-state index in [0.717, 1.165) is 23.6 Å². The largest absolute Gasteiger partial charge is 0.382 e. The highest BCUT2D eigenvalue weighted by Gasteiger charge is 2.35. The van der Waals surface area contributed by atoms with Crippen LogP contribution in [0.15, 0.2) is 6.07 Å². The molecule has 20 heavy (non-hydrogen) atoms. The molecule has 0 radical (unpaired) electrons. The quantitative estimate of drug-likeness (QED) is 0.915. The van der Waals surface area contributed by atoms with Gasteiger partial charge in [0.15, 0.2) is 0 Å². The third kappa shape index (κ3) is 2.78. The first-order valence-corrected chi connectivity index (χ1v) is 7.28. The van der Waals surface area contributed by atoms with Gasteiger partial charge in [-0.15, -0.1) is 0 Å². The Balaban J connectivity index is 2.21. The highest BCUT2D eigenvalue weighted by molar-refractivity contribution is 5.60. The summed E-state index contributed by atoms with van der Waals surface area (Å²) in [5.74, 6) is 0. The topological polar surface area (TPSA) is 52.0 Å². The van der Waals surface area contributed by atoms with E-state index in [1.165, 1.54) is 25.7 Å². The standard InChI is InChI=1S/C16H24N4/c1-12-9-15(14(10-17)13(2)19-12)18-11-16(20(3)4)7-5-6-8-16/h9H,5-8,11H2,1-4H3,(H,18,19). The third-order valence-corrected chi connectivity index (χ3v) is 4.53. The van der Waals surface area contributed by atoms with Crippen LogP contribution >= 0.6 is 0 Å². The minimum atomic E-state index is 0.220. The van der Waals surface area contributed by atoms with Crippen LogP contribution in [-0.2, 0) is 0 Å². The van der Waals surface area contributed by atoms with Crippen molar-refractivity contribution in [3.05, 3.63) is 23.0 Å². The summed E-state index contributed by atoms with van der Waals surface area (Å²) >= 11 is 0. The van der Waals surface area contributed by atoms with Gasteiger partial charge in [0, 0.05) is 17.8 Å². The number of pyridine rings is 1. The first-order valence-electron chi connectivity index (χ1n) is 7.28. The van der Waals surface area contributed by atoms with Gasteiger partial charge in [0.2, 0.25) is 0 Å². The Morgan fingerprint density at radius 3 is 2.55 bits per heavy atom. The fourth-order valence-electron chi connectivity index (χ4n) is 3.18. The van der Waals surface area contributed by atoms with Gasteiger partial charge in [-0.1, -0.05) is 12.8 Å². The predicted molar refractivity (Wildman–Crippen MR) is 81.8 cm³/mol. The number of hydrogen-bond acceptors (Lipinski definition) is 4. The maximum atomic E-state index is 9.32. The molecule has 1 saturated carbocycles.